The van der Waals surface area contributed by atoms with Crippen LogP contribution in [0.2, 0.25) is 0 Å². The quantitative estimate of drug-likeness (QED) is 0.659. The average Bonchev–Trinajstić information content (AvgIpc) is 2.42. The van der Waals surface area contributed by atoms with Crippen LogP contribution in [0.4, 0.5) is 0 Å². The van der Waals surface area contributed by atoms with Crippen molar-refractivity contribution in [3.05, 3.63) is 47.5 Å². The third-order valence-corrected chi connectivity index (χ3v) is 2.85. The molecular formula is C15H16N2O2. The van der Waals surface area contributed by atoms with Crippen molar-refractivity contribution in [2.24, 2.45) is 10.9 Å². The molecule has 2 rings (SSSR count). The molecule has 2 N–H and O–H groups in total. The lowest BCUT2D eigenvalue weighted by molar-refractivity contribution is 0.100. The summed E-state index contributed by atoms with van der Waals surface area (Å²) in [5, 5.41) is 5.66. The lowest BCUT2D eigenvalue weighted by Crippen LogP contribution is -2.14. The fourth-order valence-electron chi connectivity index (χ4n) is 2.04. The maximum atomic E-state index is 11.7. The van der Waals surface area contributed by atoms with E-state index in [1.807, 2.05) is 43.3 Å². The van der Waals surface area contributed by atoms with Crippen LogP contribution in [-0.4, -0.2) is 18.7 Å². The molecule has 0 saturated heterocycles. The first kappa shape index (κ1) is 13.1. The van der Waals surface area contributed by atoms with Crippen molar-refractivity contribution in [3.8, 4) is 0 Å². The Kier molecular flexibility index (Phi) is 4.13. The molecule has 0 atom stereocenters. The highest BCUT2D eigenvalue weighted by Gasteiger charge is 2.11. The van der Waals surface area contributed by atoms with Crippen molar-refractivity contribution in [3.63, 3.8) is 0 Å². The molecule has 1 amide bonds. The summed E-state index contributed by atoms with van der Waals surface area (Å²) >= 11 is 0. The summed E-state index contributed by atoms with van der Waals surface area (Å²) in [6, 6.07) is 11.6. The van der Waals surface area contributed by atoms with E-state index < -0.39 is 5.91 Å². The van der Waals surface area contributed by atoms with E-state index in [2.05, 4.69) is 5.16 Å². The normalized spacial score (nSPS) is 11.0. The molecule has 0 fully saturated rings. The third-order valence-electron chi connectivity index (χ3n) is 2.85. The summed E-state index contributed by atoms with van der Waals surface area (Å²) in [6.45, 7) is 2.39. The van der Waals surface area contributed by atoms with Gasteiger partial charge >= 0.3 is 0 Å². The number of primary amides is 1. The highest BCUT2D eigenvalue weighted by Crippen LogP contribution is 2.22. The highest BCUT2D eigenvalue weighted by molar-refractivity contribution is 6.08. The predicted molar refractivity (Wildman–Crippen MR) is 76.3 cm³/mol. The van der Waals surface area contributed by atoms with E-state index in [0.717, 1.165) is 16.3 Å². The Bertz CT molecular complexity index is 621. The van der Waals surface area contributed by atoms with Crippen molar-refractivity contribution in [2.75, 3.05) is 6.61 Å². The van der Waals surface area contributed by atoms with Crippen molar-refractivity contribution < 1.29 is 9.63 Å². The van der Waals surface area contributed by atoms with E-state index in [1.165, 1.54) is 0 Å². The van der Waals surface area contributed by atoms with Crippen LogP contribution in [0, 0.1) is 0 Å². The number of nitrogens with two attached hydrogens (primary N) is 1. The van der Waals surface area contributed by atoms with E-state index in [0.29, 0.717) is 18.6 Å². The minimum absolute atomic E-state index is 0.420. The second kappa shape index (κ2) is 6.00. The van der Waals surface area contributed by atoms with E-state index >= 15 is 0 Å². The minimum Gasteiger partial charge on any atom is -0.396 e. The van der Waals surface area contributed by atoms with E-state index in [1.54, 1.807) is 6.21 Å². The predicted octanol–water partition coefficient (Wildman–Crippen LogP) is 2.50. The van der Waals surface area contributed by atoms with Crippen LogP contribution in [0.5, 0.6) is 0 Å². The second-order valence-corrected chi connectivity index (χ2v) is 4.09. The van der Waals surface area contributed by atoms with Crippen LogP contribution in [-0.2, 0) is 11.3 Å². The van der Waals surface area contributed by atoms with E-state index in [9.17, 15) is 4.79 Å². The monoisotopic (exact) mass is 256 g/mol. The molecule has 0 aliphatic carbocycles. The van der Waals surface area contributed by atoms with Crippen LogP contribution in [0.15, 0.2) is 41.6 Å². The molecular weight excluding hydrogens is 240 g/mol. The number of oxime groups is 1. The molecule has 2 aromatic rings. The number of hydrogen-bond acceptors (Lipinski definition) is 3. The SMILES string of the molecule is CCON=CCc1ccc2ccccc2c1C(N)=O. The Morgan fingerprint density at radius 2 is 2.11 bits per heavy atom. The van der Waals surface area contributed by atoms with Gasteiger partial charge in [-0.05, 0) is 23.3 Å². The van der Waals surface area contributed by atoms with Gasteiger partial charge in [-0.2, -0.15) is 0 Å². The summed E-state index contributed by atoms with van der Waals surface area (Å²) in [7, 11) is 0. The van der Waals surface area contributed by atoms with Gasteiger partial charge in [0.25, 0.3) is 0 Å². The molecule has 0 spiro atoms. The van der Waals surface area contributed by atoms with Gasteiger partial charge < -0.3 is 10.6 Å². The van der Waals surface area contributed by atoms with Gasteiger partial charge in [0.2, 0.25) is 5.91 Å². The molecule has 0 saturated carbocycles. The summed E-state index contributed by atoms with van der Waals surface area (Å²) in [4.78, 5) is 16.6. The number of amides is 1. The van der Waals surface area contributed by atoms with Gasteiger partial charge in [0.1, 0.15) is 6.61 Å². The van der Waals surface area contributed by atoms with Gasteiger partial charge in [-0.15, -0.1) is 0 Å². The third kappa shape index (κ3) is 2.91. The van der Waals surface area contributed by atoms with Crippen molar-refractivity contribution >= 4 is 22.9 Å². The molecule has 0 radical (unpaired) electrons. The number of hydrogen-bond donors (Lipinski definition) is 1. The van der Waals surface area contributed by atoms with Gasteiger partial charge in [0, 0.05) is 12.6 Å². The van der Waals surface area contributed by atoms with Gasteiger partial charge in [-0.25, -0.2) is 0 Å². The maximum Gasteiger partial charge on any atom is 0.249 e. The number of rotatable bonds is 5. The molecule has 2 aromatic carbocycles. The van der Waals surface area contributed by atoms with Crippen LogP contribution < -0.4 is 5.73 Å². The van der Waals surface area contributed by atoms with Gasteiger partial charge in [-0.1, -0.05) is 41.6 Å². The number of carbonyl (C=O) groups excluding carboxylic acids is 1. The Morgan fingerprint density at radius 3 is 2.84 bits per heavy atom. The molecule has 4 heteroatoms. The standard InChI is InChI=1S/C15H16N2O2/c1-2-19-17-10-9-12-8-7-11-5-3-4-6-13(11)14(12)15(16)18/h3-8,10H,2,9H2,1H3,(H2,16,18). The molecule has 0 aliphatic heterocycles. The van der Waals surface area contributed by atoms with Crippen molar-refractivity contribution in [1.82, 2.24) is 0 Å². The van der Waals surface area contributed by atoms with Crippen LogP contribution >= 0.6 is 0 Å². The average molecular weight is 256 g/mol. The lowest BCUT2D eigenvalue weighted by atomic mass is 9.97. The fraction of sp³-hybridized carbons (Fsp3) is 0.200. The number of nitrogens with zero attached hydrogens (tertiary/aromatic N) is 1. The molecule has 19 heavy (non-hydrogen) atoms. The fourth-order valence-corrected chi connectivity index (χ4v) is 2.04. The largest absolute Gasteiger partial charge is 0.396 e. The van der Waals surface area contributed by atoms with Crippen molar-refractivity contribution in [2.45, 2.75) is 13.3 Å². The summed E-state index contributed by atoms with van der Waals surface area (Å²) in [6.07, 6.45) is 2.16. The Balaban J connectivity index is 2.43. The molecule has 0 aromatic heterocycles. The number of carbonyl (C=O) groups is 1. The van der Waals surface area contributed by atoms with Crippen molar-refractivity contribution in [1.29, 1.82) is 0 Å². The first-order valence-electron chi connectivity index (χ1n) is 6.18. The first-order chi connectivity index (χ1) is 9.24. The van der Waals surface area contributed by atoms with Gasteiger partial charge in [-0.3, -0.25) is 4.79 Å². The second-order valence-electron chi connectivity index (χ2n) is 4.09. The number of fused-ring (bicyclic) bond motifs is 1. The highest BCUT2D eigenvalue weighted by atomic mass is 16.6. The Hall–Kier alpha value is -2.36. The molecule has 0 heterocycles. The van der Waals surface area contributed by atoms with Crippen LogP contribution in [0.3, 0.4) is 0 Å². The lowest BCUT2D eigenvalue weighted by Gasteiger charge is -2.08. The summed E-state index contributed by atoms with van der Waals surface area (Å²) < 4.78 is 0. The zero-order valence-corrected chi connectivity index (χ0v) is 10.8. The molecule has 0 bridgehead atoms. The van der Waals surface area contributed by atoms with E-state index in [4.69, 9.17) is 10.6 Å². The molecule has 0 unspecified atom stereocenters. The molecule has 0 aliphatic rings. The molecule has 98 valence electrons. The molecule has 4 nitrogen and oxygen atoms in total. The van der Waals surface area contributed by atoms with Gasteiger partial charge in [0.15, 0.2) is 0 Å². The first-order valence-corrected chi connectivity index (χ1v) is 6.18. The van der Waals surface area contributed by atoms with E-state index in [-0.39, 0.29) is 0 Å². The summed E-state index contributed by atoms with van der Waals surface area (Å²) in [5.74, 6) is -0.420. The smallest absolute Gasteiger partial charge is 0.249 e. The zero-order chi connectivity index (χ0) is 13.7. The number of benzene rings is 2. The van der Waals surface area contributed by atoms with Gasteiger partial charge in [0.05, 0.1) is 5.56 Å². The van der Waals surface area contributed by atoms with Crippen LogP contribution in [0.25, 0.3) is 10.8 Å². The zero-order valence-electron chi connectivity index (χ0n) is 10.8. The Morgan fingerprint density at radius 1 is 1.32 bits per heavy atom. The topological polar surface area (TPSA) is 64.7 Å². The Labute approximate surface area is 111 Å². The maximum absolute atomic E-state index is 11.7. The minimum atomic E-state index is -0.420. The van der Waals surface area contributed by atoms with Crippen LogP contribution in [0.1, 0.15) is 22.8 Å². The summed E-state index contributed by atoms with van der Waals surface area (Å²) in [5.41, 5.74) is 6.91.